The van der Waals surface area contributed by atoms with Crippen molar-refractivity contribution in [2.24, 2.45) is 5.73 Å². The van der Waals surface area contributed by atoms with E-state index >= 15 is 0 Å². The standard InChI is InChI=1S/C14H22N2O2/c1-18-13-7-5-6-12(10-13)11-14(17)16-9-4-2-3-8-15/h5-7,10H,2-4,8-9,11,15H2,1H3,(H,16,17). The van der Waals surface area contributed by atoms with Crippen molar-refractivity contribution in [1.29, 1.82) is 0 Å². The lowest BCUT2D eigenvalue weighted by Crippen LogP contribution is -2.26. The number of carbonyl (C=O) groups excluding carboxylic acids is 1. The summed E-state index contributed by atoms with van der Waals surface area (Å²) in [4.78, 5) is 11.7. The van der Waals surface area contributed by atoms with Crippen molar-refractivity contribution in [2.75, 3.05) is 20.2 Å². The zero-order valence-electron chi connectivity index (χ0n) is 10.9. The van der Waals surface area contributed by atoms with Gasteiger partial charge in [0.1, 0.15) is 5.75 Å². The molecule has 0 aliphatic rings. The van der Waals surface area contributed by atoms with Gasteiger partial charge in [0.05, 0.1) is 13.5 Å². The summed E-state index contributed by atoms with van der Waals surface area (Å²) in [5, 5.41) is 2.91. The molecule has 18 heavy (non-hydrogen) atoms. The van der Waals surface area contributed by atoms with Crippen molar-refractivity contribution in [3.63, 3.8) is 0 Å². The first-order valence-corrected chi connectivity index (χ1v) is 6.36. The molecule has 4 heteroatoms. The van der Waals surface area contributed by atoms with Gasteiger partial charge in [0.2, 0.25) is 5.91 Å². The van der Waals surface area contributed by atoms with Gasteiger partial charge in [-0.2, -0.15) is 0 Å². The Balaban J connectivity index is 2.26. The van der Waals surface area contributed by atoms with Gasteiger partial charge in [-0.3, -0.25) is 4.79 Å². The predicted octanol–water partition coefficient (Wildman–Crippen LogP) is 1.48. The highest BCUT2D eigenvalue weighted by molar-refractivity contribution is 5.78. The fourth-order valence-corrected chi connectivity index (χ4v) is 1.70. The van der Waals surface area contributed by atoms with Crippen LogP contribution in [-0.4, -0.2) is 26.1 Å². The van der Waals surface area contributed by atoms with Crippen LogP contribution in [0.5, 0.6) is 5.75 Å². The van der Waals surface area contributed by atoms with E-state index in [4.69, 9.17) is 10.5 Å². The maximum atomic E-state index is 11.7. The van der Waals surface area contributed by atoms with E-state index < -0.39 is 0 Å². The number of methoxy groups -OCH3 is 1. The fourth-order valence-electron chi connectivity index (χ4n) is 1.70. The molecule has 0 aromatic heterocycles. The fraction of sp³-hybridized carbons (Fsp3) is 0.500. The highest BCUT2D eigenvalue weighted by Gasteiger charge is 2.03. The minimum absolute atomic E-state index is 0.0519. The number of hydrogen-bond donors (Lipinski definition) is 2. The largest absolute Gasteiger partial charge is 0.497 e. The van der Waals surface area contributed by atoms with Crippen LogP contribution in [0.2, 0.25) is 0 Å². The minimum atomic E-state index is 0.0519. The van der Waals surface area contributed by atoms with Gasteiger partial charge in [-0.15, -0.1) is 0 Å². The van der Waals surface area contributed by atoms with Gasteiger partial charge in [0.25, 0.3) is 0 Å². The monoisotopic (exact) mass is 250 g/mol. The van der Waals surface area contributed by atoms with Crippen molar-refractivity contribution in [3.05, 3.63) is 29.8 Å². The molecule has 0 fully saturated rings. The third-order valence-corrected chi connectivity index (χ3v) is 2.70. The summed E-state index contributed by atoms with van der Waals surface area (Å²) >= 11 is 0. The molecular formula is C14H22N2O2. The molecule has 0 aliphatic carbocycles. The number of ether oxygens (including phenoxy) is 1. The number of unbranched alkanes of at least 4 members (excludes halogenated alkanes) is 2. The normalized spacial score (nSPS) is 10.1. The number of carbonyl (C=O) groups is 1. The van der Waals surface area contributed by atoms with Gasteiger partial charge in [-0.25, -0.2) is 0 Å². The molecule has 0 unspecified atom stereocenters. The molecule has 1 aromatic carbocycles. The summed E-state index contributed by atoms with van der Waals surface area (Å²) in [6.45, 7) is 1.44. The first-order chi connectivity index (χ1) is 8.76. The molecule has 0 bridgehead atoms. The van der Waals surface area contributed by atoms with E-state index in [1.165, 1.54) is 0 Å². The van der Waals surface area contributed by atoms with Gasteiger partial charge >= 0.3 is 0 Å². The third kappa shape index (κ3) is 5.68. The van der Waals surface area contributed by atoms with Crippen LogP contribution in [0, 0.1) is 0 Å². The number of nitrogens with one attached hydrogen (secondary N) is 1. The van der Waals surface area contributed by atoms with Crippen LogP contribution in [0.3, 0.4) is 0 Å². The molecule has 0 heterocycles. The number of benzene rings is 1. The van der Waals surface area contributed by atoms with Gasteiger partial charge in [0.15, 0.2) is 0 Å². The topological polar surface area (TPSA) is 64.3 Å². The molecule has 0 saturated heterocycles. The molecule has 1 amide bonds. The Morgan fingerprint density at radius 1 is 1.33 bits per heavy atom. The number of nitrogens with two attached hydrogens (primary N) is 1. The summed E-state index contributed by atoms with van der Waals surface area (Å²) in [6.07, 6.45) is 3.47. The van der Waals surface area contributed by atoms with Crippen LogP contribution in [0.25, 0.3) is 0 Å². The molecule has 0 atom stereocenters. The van der Waals surface area contributed by atoms with E-state index in [0.717, 1.165) is 43.7 Å². The van der Waals surface area contributed by atoms with Crippen molar-refractivity contribution in [3.8, 4) is 5.75 Å². The van der Waals surface area contributed by atoms with Crippen molar-refractivity contribution in [1.82, 2.24) is 5.32 Å². The van der Waals surface area contributed by atoms with E-state index in [9.17, 15) is 4.79 Å². The number of rotatable bonds is 8. The molecule has 1 rings (SSSR count). The van der Waals surface area contributed by atoms with Crippen LogP contribution in [0.4, 0.5) is 0 Å². The van der Waals surface area contributed by atoms with Crippen LogP contribution >= 0.6 is 0 Å². The molecule has 0 radical (unpaired) electrons. The van der Waals surface area contributed by atoms with Gasteiger partial charge in [-0.1, -0.05) is 18.6 Å². The first-order valence-electron chi connectivity index (χ1n) is 6.36. The molecule has 1 aromatic rings. The van der Waals surface area contributed by atoms with E-state index in [0.29, 0.717) is 6.42 Å². The molecule has 0 saturated carbocycles. The SMILES string of the molecule is COc1cccc(CC(=O)NCCCCCN)c1. The van der Waals surface area contributed by atoms with Crippen LogP contribution in [-0.2, 0) is 11.2 Å². The van der Waals surface area contributed by atoms with Crippen molar-refractivity contribution >= 4 is 5.91 Å². The Morgan fingerprint density at radius 2 is 2.17 bits per heavy atom. The number of hydrogen-bond acceptors (Lipinski definition) is 3. The van der Waals surface area contributed by atoms with Crippen molar-refractivity contribution < 1.29 is 9.53 Å². The van der Waals surface area contributed by atoms with Crippen molar-refractivity contribution in [2.45, 2.75) is 25.7 Å². The van der Waals surface area contributed by atoms with Gasteiger partial charge in [0, 0.05) is 6.54 Å². The Bertz CT molecular complexity index is 367. The summed E-state index contributed by atoms with van der Waals surface area (Å²) in [6, 6.07) is 7.57. The minimum Gasteiger partial charge on any atom is -0.497 e. The molecular weight excluding hydrogens is 228 g/mol. The second-order valence-corrected chi connectivity index (χ2v) is 4.23. The van der Waals surface area contributed by atoms with Gasteiger partial charge < -0.3 is 15.8 Å². The Kier molecular flexibility index (Phi) is 6.87. The smallest absolute Gasteiger partial charge is 0.224 e. The summed E-state index contributed by atoms with van der Waals surface area (Å²) in [5.41, 5.74) is 6.37. The van der Waals surface area contributed by atoms with E-state index in [1.54, 1.807) is 7.11 Å². The van der Waals surface area contributed by atoms with Crippen LogP contribution < -0.4 is 15.8 Å². The van der Waals surface area contributed by atoms with E-state index in [-0.39, 0.29) is 5.91 Å². The highest BCUT2D eigenvalue weighted by Crippen LogP contribution is 2.12. The lowest BCUT2D eigenvalue weighted by atomic mass is 10.1. The Hall–Kier alpha value is -1.55. The molecule has 100 valence electrons. The highest BCUT2D eigenvalue weighted by atomic mass is 16.5. The Morgan fingerprint density at radius 3 is 2.89 bits per heavy atom. The lowest BCUT2D eigenvalue weighted by Gasteiger charge is -2.06. The van der Waals surface area contributed by atoms with Gasteiger partial charge in [-0.05, 0) is 37.1 Å². The first kappa shape index (κ1) is 14.5. The Labute approximate surface area is 109 Å². The lowest BCUT2D eigenvalue weighted by molar-refractivity contribution is -0.120. The average Bonchev–Trinajstić information content (AvgIpc) is 2.38. The summed E-state index contributed by atoms with van der Waals surface area (Å²) in [5.74, 6) is 0.833. The number of amides is 1. The van der Waals surface area contributed by atoms with E-state index in [2.05, 4.69) is 5.32 Å². The summed E-state index contributed by atoms with van der Waals surface area (Å²) in [7, 11) is 1.62. The molecule has 0 aliphatic heterocycles. The zero-order valence-corrected chi connectivity index (χ0v) is 10.9. The molecule has 3 N–H and O–H groups in total. The second-order valence-electron chi connectivity index (χ2n) is 4.23. The van der Waals surface area contributed by atoms with Crippen LogP contribution in [0.15, 0.2) is 24.3 Å². The van der Waals surface area contributed by atoms with Crippen LogP contribution in [0.1, 0.15) is 24.8 Å². The second kappa shape index (κ2) is 8.53. The van der Waals surface area contributed by atoms with E-state index in [1.807, 2.05) is 24.3 Å². The molecule has 0 spiro atoms. The average molecular weight is 250 g/mol. The summed E-state index contributed by atoms with van der Waals surface area (Å²) < 4.78 is 5.12. The molecule has 4 nitrogen and oxygen atoms in total. The maximum absolute atomic E-state index is 11.7. The predicted molar refractivity (Wildman–Crippen MR) is 72.6 cm³/mol. The third-order valence-electron chi connectivity index (χ3n) is 2.70. The maximum Gasteiger partial charge on any atom is 0.224 e. The quantitative estimate of drug-likeness (QED) is 0.687. The zero-order chi connectivity index (χ0) is 13.2.